The van der Waals surface area contributed by atoms with Crippen LogP contribution in [0.15, 0.2) is 6.07 Å². The van der Waals surface area contributed by atoms with Gasteiger partial charge in [-0.25, -0.2) is 0 Å². The minimum absolute atomic E-state index is 0.393. The fraction of sp³-hybridized carbons (Fsp3) is 0.500. The molecule has 0 aliphatic carbocycles. The molecule has 19 heavy (non-hydrogen) atoms. The number of carboxylic acids is 1. The average molecular weight is 285 g/mol. The van der Waals surface area contributed by atoms with Gasteiger partial charge in [0.1, 0.15) is 13.2 Å². The smallest absolute Gasteiger partial charge is 0.309 e. The molecule has 1 heterocycles. The molecule has 0 saturated heterocycles. The Morgan fingerprint density at radius 3 is 2.68 bits per heavy atom. The molecule has 1 aromatic carbocycles. The maximum atomic E-state index is 11.2. The van der Waals surface area contributed by atoms with Crippen LogP contribution in [0, 0.1) is 12.3 Å². The predicted octanol–water partition coefficient (Wildman–Crippen LogP) is 3.07. The minimum Gasteiger partial charge on any atom is -0.486 e. The molecule has 0 amide bonds. The molecule has 0 bridgehead atoms. The predicted molar refractivity (Wildman–Crippen MR) is 72.3 cm³/mol. The highest BCUT2D eigenvalue weighted by molar-refractivity contribution is 6.33. The van der Waals surface area contributed by atoms with Gasteiger partial charge in [-0.3, -0.25) is 4.79 Å². The highest BCUT2D eigenvalue weighted by Crippen LogP contribution is 2.42. The molecule has 4 nitrogen and oxygen atoms in total. The van der Waals surface area contributed by atoms with Crippen LogP contribution in [0.4, 0.5) is 0 Å². The van der Waals surface area contributed by atoms with Crippen LogP contribution < -0.4 is 9.47 Å². The number of rotatable bonds is 3. The van der Waals surface area contributed by atoms with Gasteiger partial charge in [-0.15, -0.1) is 0 Å². The maximum Gasteiger partial charge on any atom is 0.309 e. The fourth-order valence-corrected chi connectivity index (χ4v) is 2.29. The average Bonchev–Trinajstić information content (AvgIpc) is 2.35. The SMILES string of the molecule is Cc1c(CC(C)(C)C(=O)O)cc2c(c1Cl)OCCO2. The number of carboxylic acid groups (broad SMARTS) is 1. The van der Waals surface area contributed by atoms with Crippen LogP contribution in [-0.2, 0) is 11.2 Å². The molecular formula is C14H17ClO4. The lowest BCUT2D eigenvalue weighted by Crippen LogP contribution is -2.27. The van der Waals surface area contributed by atoms with E-state index in [-0.39, 0.29) is 0 Å². The molecule has 0 unspecified atom stereocenters. The van der Waals surface area contributed by atoms with Gasteiger partial charge in [0.05, 0.1) is 10.4 Å². The third-order valence-electron chi connectivity index (χ3n) is 3.34. The molecule has 104 valence electrons. The number of halogens is 1. The summed E-state index contributed by atoms with van der Waals surface area (Å²) in [6.07, 6.45) is 0.393. The Labute approximate surface area is 117 Å². The van der Waals surface area contributed by atoms with Crippen molar-refractivity contribution >= 4 is 17.6 Å². The van der Waals surface area contributed by atoms with Crippen LogP contribution in [0.2, 0.25) is 5.02 Å². The first-order valence-corrected chi connectivity index (χ1v) is 6.51. The van der Waals surface area contributed by atoms with Crippen LogP contribution in [0.1, 0.15) is 25.0 Å². The minimum atomic E-state index is -0.849. The van der Waals surface area contributed by atoms with Gasteiger partial charge in [-0.05, 0) is 44.4 Å². The van der Waals surface area contributed by atoms with Crippen LogP contribution in [0.25, 0.3) is 0 Å². The summed E-state index contributed by atoms with van der Waals surface area (Å²) < 4.78 is 11.0. The number of hydrogen-bond donors (Lipinski definition) is 1. The summed E-state index contributed by atoms with van der Waals surface area (Å²) in [4.78, 5) is 11.2. The van der Waals surface area contributed by atoms with Crippen molar-refractivity contribution < 1.29 is 19.4 Å². The van der Waals surface area contributed by atoms with E-state index in [0.717, 1.165) is 11.1 Å². The lowest BCUT2D eigenvalue weighted by Gasteiger charge is -2.25. The normalized spacial score (nSPS) is 14.3. The summed E-state index contributed by atoms with van der Waals surface area (Å²) in [7, 11) is 0. The Bertz CT molecular complexity index is 523. The topological polar surface area (TPSA) is 55.8 Å². The Balaban J connectivity index is 2.42. The van der Waals surface area contributed by atoms with Crippen molar-refractivity contribution in [1.82, 2.24) is 0 Å². The molecule has 0 aromatic heterocycles. The molecule has 0 spiro atoms. The zero-order valence-electron chi connectivity index (χ0n) is 11.2. The van der Waals surface area contributed by atoms with Crippen molar-refractivity contribution in [3.63, 3.8) is 0 Å². The number of aliphatic carboxylic acids is 1. The van der Waals surface area contributed by atoms with E-state index in [1.54, 1.807) is 13.8 Å². The first-order chi connectivity index (χ1) is 8.83. The molecule has 1 aromatic rings. The van der Waals surface area contributed by atoms with E-state index >= 15 is 0 Å². The summed E-state index contributed by atoms with van der Waals surface area (Å²) in [5.41, 5.74) is 0.875. The lowest BCUT2D eigenvalue weighted by atomic mass is 9.84. The number of ether oxygens (including phenoxy) is 2. The van der Waals surface area contributed by atoms with E-state index in [1.165, 1.54) is 0 Å². The highest BCUT2D eigenvalue weighted by atomic mass is 35.5. The van der Waals surface area contributed by atoms with Gasteiger partial charge in [0.25, 0.3) is 0 Å². The van der Waals surface area contributed by atoms with Crippen LogP contribution in [-0.4, -0.2) is 24.3 Å². The van der Waals surface area contributed by atoms with E-state index in [9.17, 15) is 9.90 Å². The Kier molecular flexibility index (Phi) is 3.63. The maximum absolute atomic E-state index is 11.2. The third kappa shape index (κ3) is 2.63. The molecule has 1 N–H and O–H groups in total. The molecule has 1 aliphatic heterocycles. The van der Waals surface area contributed by atoms with Crippen molar-refractivity contribution in [2.75, 3.05) is 13.2 Å². The van der Waals surface area contributed by atoms with Crippen molar-refractivity contribution in [2.24, 2.45) is 5.41 Å². The Hall–Kier alpha value is -1.42. The Morgan fingerprint density at radius 2 is 2.05 bits per heavy atom. The molecule has 1 aliphatic rings. The molecule has 0 radical (unpaired) electrons. The third-order valence-corrected chi connectivity index (χ3v) is 3.79. The van der Waals surface area contributed by atoms with E-state index in [4.69, 9.17) is 21.1 Å². The van der Waals surface area contributed by atoms with Gasteiger partial charge in [0.15, 0.2) is 11.5 Å². The highest BCUT2D eigenvalue weighted by Gasteiger charge is 2.30. The zero-order chi connectivity index (χ0) is 14.2. The molecule has 5 heteroatoms. The van der Waals surface area contributed by atoms with Gasteiger partial charge in [-0.2, -0.15) is 0 Å². The van der Waals surface area contributed by atoms with Crippen molar-refractivity contribution in [1.29, 1.82) is 0 Å². The summed E-state index contributed by atoms with van der Waals surface area (Å²) in [5.74, 6) is 0.318. The molecule has 0 fully saturated rings. The fourth-order valence-electron chi connectivity index (χ4n) is 2.02. The number of carbonyl (C=O) groups is 1. The molecular weight excluding hydrogens is 268 g/mol. The van der Waals surface area contributed by atoms with Gasteiger partial charge < -0.3 is 14.6 Å². The second kappa shape index (κ2) is 4.93. The van der Waals surface area contributed by atoms with E-state index in [2.05, 4.69) is 0 Å². The first-order valence-electron chi connectivity index (χ1n) is 6.14. The van der Waals surface area contributed by atoms with E-state index in [1.807, 2.05) is 13.0 Å². The van der Waals surface area contributed by atoms with Gasteiger partial charge in [-0.1, -0.05) is 11.6 Å². The monoisotopic (exact) mass is 284 g/mol. The molecule has 0 saturated carbocycles. The number of fused-ring (bicyclic) bond motifs is 1. The van der Waals surface area contributed by atoms with Crippen LogP contribution in [0.5, 0.6) is 11.5 Å². The quantitative estimate of drug-likeness (QED) is 0.927. The summed E-state index contributed by atoms with van der Waals surface area (Å²) in [6.45, 7) is 6.22. The van der Waals surface area contributed by atoms with Gasteiger partial charge in [0, 0.05) is 0 Å². The zero-order valence-corrected chi connectivity index (χ0v) is 12.0. The second-order valence-corrected chi connectivity index (χ2v) is 5.74. The number of hydrogen-bond acceptors (Lipinski definition) is 3. The van der Waals surface area contributed by atoms with Crippen LogP contribution >= 0.6 is 11.6 Å². The largest absolute Gasteiger partial charge is 0.486 e. The second-order valence-electron chi connectivity index (χ2n) is 5.36. The van der Waals surface area contributed by atoms with Gasteiger partial charge >= 0.3 is 5.97 Å². The van der Waals surface area contributed by atoms with E-state index in [0.29, 0.717) is 36.2 Å². The van der Waals surface area contributed by atoms with Crippen molar-refractivity contribution in [3.8, 4) is 11.5 Å². The van der Waals surface area contributed by atoms with Gasteiger partial charge in [0.2, 0.25) is 0 Å². The van der Waals surface area contributed by atoms with Crippen molar-refractivity contribution in [2.45, 2.75) is 27.2 Å². The summed E-state index contributed by atoms with van der Waals surface area (Å²) >= 11 is 6.27. The molecule has 2 rings (SSSR count). The standard InChI is InChI=1S/C14H17ClO4/c1-8-9(7-14(2,3)13(16)17)6-10-12(11(8)15)19-5-4-18-10/h6H,4-5,7H2,1-3H3,(H,16,17). The Morgan fingerprint density at radius 1 is 1.42 bits per heavy atom. The summed E-state index contributed by atoms with van der Waals surface area (Å²) in [6, 6.07) is 1.83. The van der Waals surface area contributed by atoms with E-state index < -0.39 is 11.4 Å². The first kappa shape index (κ1) is 14.0. The number of benzene rings is 1. The summed E-state index contributed by atoms with van der Waals surface area (Å²) in [5, 5.41) is 9.72. The lowest BCUT2D eigenvalue weighted by molar-refractivity contribution is -0.146. The molecule has 0 atom stereocenters. The van der Waals surface area contributed by atoms with Crippen LogP contribution in [0.3, 0.4) is 0 Å². The van der Waals surface area contributed by atoms with Crippen molar-refractivity contribution in [3.05, 3.63) is 22.2 Å².